The first-order valence-corrected chi connectivity index (χ1v) is 5.16. The largest absolute Gasteiger partial charge is 0.289 e. The van der Waals surface area contributed by atoms with E-state index in [9.17, 15) is 4.79 Å². The van der Waals surface area contributed by atoms with Gasteiger partial charge in [0.25, 0.3) is 0 Å². The Morgan fingerprint density at radius 3 is 2.80 bits per heavy atom. The molecule has 0 aromatic rings. The summed E-state index contributed by atoms with van der Waals surface area (Å²) < 4.78 is 0. The number of carbonyl (C=O) groups excluding carboxylic acids is 1. The summed E-state index contributed by atoms with van der Waals surface area (Å²) in [5.74, 6) is 0.0894. The summed E-state index contributed by atoms with van der Waals surface area (Å²) in [6, 6.07) is 0. The van der Waals surface area contributed by atoms with Crippen LogP contribution in [-0.2, 0) is 4.79 Å². The van der Waals surface area contributed by atoms with E-state index >= 15 is 0 Å². The zero-order chi connectivity index (χ0) is 11.1. The number of hydrogen-bond acceptors (Lipinski definition) is 1. The number of carbonyl (C=O) groups is 1. The highest BCUT2D eigenvalue weighted by Crippen LogP contribution is 2.15. The minimum absolute atomic E-state index is 0.0894. The normalized spacial score (nSPS) is 16.6. The van der Waals surface area contributed by atoms with Crippen LogP contribution in [0.1, 0.15) is 19.8 Å². The molecule has 0 atom stereocenters. The summed E-state index contributed by atoms with van der Waals surface area (Å²) in [5.41, 5.74) is 1.51. The van der Waals surface area contributed by atoms with Crippen LogP contribution in [-0.4, -0.2) is 5.78 Å². The molecule has 0 heterocycles. The quantitative estimate of drug-likeness (QED) is 0.501. The van der Waals surface area contributed by atoms with Crippen molar-refractivity contribution in [2.75, 3.05) is 0 Å². The maximum Gasteiger partial charge on any atom is 0.192 e. The second-order valence-corrected chi connectivity index (χ2v) is 3.31. The third kappa shape index (κ3) is 3.21. The number of allylic oxidation sites excluding steroid dienone is 9. The van der Waals surface area contributed by atoms with Gasteiger partial charge in [0, 0.05) is 11.1 Å². The lowest BCUT2D eigenvalue weighted by Gasteiger charge is -2.06. The Hall–Kier alpha value is -1.63. The zero-order valence-electron chi connectivity index (χ0n) is 9.07. The monoisotopic (exact) mass is 200 g/mol. The predicted octanol–water partition coefficient (Wildman–Crippen LogP) is 3.52. The first kappa shape index (κ1) is 11.4. The van der Waals surface area contributed by atoms with E-state index < -0.39 is 0 Å². The molecule has 0 bridgehead atoms. The lowest BCUT2D eigenvalue weighted by Crippen LogP contribution is -2.04. The first-order chi connectivity index (χ1) is 7.29. The number of rotatable bonds is 4. The topological polar surface area (TPSA) is 17.1 Å². The minimum Gasteiger partial charge on any atom is -0.289 e. The molecule has 1 aliphatic rings. The van der Waals surface area contributed by atoms with Gasteiger partial charge in [0.15, 0.2) is 5.78 Å². The second-order valence-electron chi connectivity index (χ2n) is 3.31. The van der Waals surface area contributed by atoms with Crippen LogP contribution in [0.3, 0.4) is 0 Å². The van der Waals surface area contributed by atoms with Gasteiger partial charge in [-0.15, -0.1) is 0 Å². The molecule has 0 fully saturated rings. The van der Waals surface area contributed by atoms with Gasteiger partial charge in [0.05, 0.1) is 0 Å². The van der Waals surface area contributed by atoms with Gasteiger partial charge < -0.3 is 0 Å². The summed E-state index contributed by atoms with van der Waals surface area (Å²) >= 11 is 0. The summed E-state index contributed by atoms with van der Waals surface area (Å²) in [6.07, 6.45) is 15.0. The van der Waals surface area contributed by atoms with Crippen molar-refractivity contribution in [2.45, 2.75) is 19.8 Å². The lowest BCUT2D eigenvalue weighted by molar-refractivity contribution is -0.111. The van der Waals surface area contributed by atoms with Gasteiger partial charge in [-0.3, -0.25) is 4.79 Å². The average molecular weight is 200 g/mol. The number of ketones is 1. The molecule has 0 aromatic heterocycles. The Morgan fingerprint density at radius 1 is 1.47 bits per heavy atom. The van der Waals surface area contributed by atoms with Crippen molar-refractivity contribution in [1.29, 1.82) is 0 Å². The molecule has 0 aliphatic heterocycles. The first-order valence-electron chi connectivity index (χ1n) is 5.16. The van der Waals surface area contributed by atoms with Crippen molar-refractivity contribution < 1.29 is 4.79 Å². The molecule has 0 radical (unpaired) electrons. The Morgan fingerprint density at radius 2 is 2.27 bits per heavy atom. The maximum absolute atomic E-state index is 12.0. The third-order valence-electron chi connectivity index (χ3n) is 2.24. The molecule has 0 spiro atoms. The van der Waals surface area contributed by atoms with E-state index in [1.54, 1.807) is 18.2 Å². The van der Waals surface area contributed by atoms with Crippen molar-refractivity contribution in [1.82, 2.24) is 0 Å². The molecule has 1 nitrogen and oxygen atoms in total. The van der Waals surface area contributed by atoms with Crippen LogP contribution in [0.5, 0.6) is 0 Å². The van der Waals surface area contributed by atoms with Crippen LogP contribution in [0.4, 0.5) is 0 Å². The van der Waals surface area contributed by atoms with E-state index in [1.807, 2.05) is 31.2 Å². The van der Waals surface area contributed by atoms with Gasteiger partial charge in [0.1, 0.15) is 0 Å². The van der Waals surface area contributed by atoms with Crippen LogP contribution < -0.4 is 0 Å². The van der Waals surface area contributed by atoms with Gasteiger partial charge in [-0.1, -0.05) is 49.1 Å². The fourth-order valence-corrected chi connectivity index (χ4v) is 1.42. The van der Waals surface area contributed by atoms with E-state index in [0.717, 1.165) is 18.4 Å². The van der Waals surface area contributed by atoms with Gasteiger partial charge in [-0.05, 0) is 19.8 Å². The van der Waals surface area contributed by atoms with Crippen LogP contribution in [0.25, 0.3) is 0 Å². The molecule has 78 valence electrons. The summed E-state index contributed by atoms with van der Waals surface area (Å²) in [6.45, 7) is 5.45. The van der Waals surface area contributed by atoms with Gasteiger partial charge in [0.2, 0.25) is 0 Å². The molecule has 15 heavy (non-hydrogen) atoms. The van der Waals surface area contributed by atoms with Crippen LogP contribution in [0.2, 0.25) is 0 Å². The Kier molecular flexibility index (Phi) is 4.55. The molecular weight excluding hydrogens is 184 g/mol. The van der Waals surface area contributed by atoms with Crippen LogP contribution in [0.15, 0.2) is 60.3 Å². The fraction of sp³-hybridized carbons (Fsp3) is 0.214. The molecule has 0 saturated heterocycles. The molecule has 0 unspecified atom stereocenters. The Balaban J connectivity index is 2.82. The molecule has 1 heteroatoms. The van der Waals surface area contributed by atoms with Gasteiger partial charge in [-0.25, -0.2) is 0 Å². The van der Waals surface area contributed by atoms with Crippen molar-refractivity contribution in [3.05, 3.63) is 60.3 Å². The zero-order valence-corrected chi connectivity index (χ0v) is 9.07. The third-order valence-corrected chi connectivity index (χ3v) is 2.24. The van der Waals surface area contributed by atoms with E-state index in [0.29, 0.717) is 5.57 Å². The minimum atomic E-state index is 0.0894. The van der Waals surface area contributed by atoms with Crippen molar-refractivity contribution >= 4 is 5.78 Å². The van der Waals surface area contributed by atoms with E-state index in [1.165, 1.54) is 0 Å². The SMILES string of the molecule is C=C/C=C\C(=C/C)C(=O)C1=CCCC=C1. The summed E-state index contributed by atoms with van der Waals surface area (Å²) in [5, 5.41) is 0. The van der Waals surface area contributed by atoms with Gasteiger partial charge >= 0.3 is 0 Å². The summed E-state index contributed by atoms with van der Waals surface area (Å²) in [4.78, 5) is 12.0. The Labute approximate surface area is 91.2 Å². The van der Waals surface area contributed by atoms with Crippen molar-refractivity contribution in [3.8, 4) is 0 Å². The van der Waals surface area contributed by atoms with E-state index in [4.69, 9.17) is 0 Å². The molecular formula is C14H16O. The van der Waals surface area contributed by atoms with Crippen LogP contribution in [0, 0.1) is 0 Å². The standard InChI is InChI=1S/C14H16O/c1-3-5-9-12(4-2)14(15)13-10-7-6-8-11-13/h3-5,7,9-11H,1,6,8H2,2H3/b9-5-,12-4+. The highest BCUT2D eigenvalue weighted by atomic mass is 16.1. The molecule has 1 aliphatic carbocycles. The van der Waals surface area contributed by atoms with Crippen molar-refractivity contribution in [3.63, 3.8) is 0 Å². The van der Waals surface area contributed by atoms with E-state index in [-0.39, 0.29) is 5.78 Å². The molecule has 1 rings (SSSR count). The fourth-order valence-electron chi connectivity index (χ4n) is 1.42. The van der Waals surface area contributed by atoms with Crippen molar-refractivity contribution in [2.24, 2.45) is 0 Å². The summed E-state index contributed by atoms with van der Waals surface area (Å²) in [7, 11) is 0. The smallest absolute Gasteiger partial charge is 0.192 e. The second kappa shape index (κ2) is 5.97. The highest BCUT2D eigenvalue weighted by molar-refractivity contribution is 6.11. The molecule has 0 saturated carbocycles. The maximum atomic E-state index is 12.0. The highest BCUT2D eigenvalue weighted by Gasteiger charge is 2.10. The predicted molar refractivity (Wildman–Crippen MR) is 64.6 cm³/mol. The average Bonchev–Trinajstić information content (AvgIpc) is 2.31. The van der Waals surface area contributed by atoms with Crippen LogP contribution >= 0.6 is 0 Å². The molecule has 0 aromatic carbocycles. The van der Waals surface area contributed by atoms with E-state index in [2.05, 4.69) is 6.58 Å². The lowest BCUT2D eigenvalue weighted by atomic mass is 9.98. The molecule has 0 amide bonds. The number of hydrogen-bond donors (Lipinski definition) is 0. The Bertz CT molecular complexity index is 365. The number of Topliss-reactive ketones (excluding diaryl/α,β-unsaturated/α-hetero) is 1. The molecule has 0 N–H and O–H groups in total. The van der Waals surface area contributed by atoms with Gasteiger partial charge in [-0.2, -0.15) is 0 Å².